The minimum atomic E-state index is -0.830. The zero-order valence-electron chi connectivity index (χ0n) is 32.6. The highest BCUT2D eigenvalue weighted by Gasteiger charge is 2.19. The molecule has 0 aromatic carbocycles. The number of carbonyl (C=O) groups is 3. The van der Waals surface area contributed by atoms with Crippen LogP contribution in [-0.2, 0) is 28.6 Å². The minimum Gasteiger partial charge on any atom is -0.462 e. The quantitative estimate of drug-likeness (QED) is 0.0218. The lowest BCUT2D eigenvalue weighted by molar-refractivity contribution is -0.166. The summed E-state index contributed by atoms with van der Waals surface area (Å²) >= 11 is 0. The van der Waals surface area contributed by atoms with Crippen LogP contribution in [0.3, 0.4) is 0 Å². The monoisotopic (exact) mass is 709 g/mol. The van der Waals surface area contributed by atoms with E-state index in [2.05, 4.69) is 69.4 Å². The van der Waals surface area contributed by atoms with Crippen LogP contribution in [0.4, 0.5) is 0 Å². The van der Waals surface area contributed by atoms with Gasteiger partial charge in [-0.15, -0.1) is 0 Å². The fourth-order valence-electron chi connectivity index (χ4n) is 5.04. The van der Waals surface area contributed by atoms with E-state index in [1.54, 1.807) is 6.08 Å². The fourth-order valence-corrected chi connectivity index (χ4v) is 5.04. The Hall–Kier alpha value is -3.41. The number of unbranched alkanes of at least 4 members (excludes halogenated alkanes) is 13. The summed E-state index contributed by atoms with van der Waals surface area (Å²) in [6.45, 7) is 6.20. The Morgan fingerprint density at radius 1 is 0.451 bits per heavy atom. The van der Waals surface area contributed by atoms with Crippen molar-refractivity contribution in [3.05, 3.63) is 85.1 Å². The maximum atomic E-state index is 12.5. The first kappa shape index (κ1) is 47.6. The molecule has 0 aliphatic heterocycles. The maximum Gasteiger partial charge on any atom is 0.310 e. The van der Waals surface area contributed by atoms with Gasteiger partial charge in [-0.25, -0.2) is 0 Å². The van der Waals surface area contributed by atoms with Crippen molar-refractivity contribution < 1.29 is 28.6 Å². The molecular weight excluding hydrogens is 636 g/mol. The van der Waals surface area contributed by atoms with Crippen molar-refractivity contribution in [2.24, 2.45) is 0 Å². The van der Waals surface area contributed by atoms with Gasteiger partial charge in [-0.2, -0.15) is 0 Å². The van der Waals surface area contributed by atoms with Gasteiger partial charge in [0.2, 0.25) is 0 Å². The lowest BCUT2D eigenvalue weighted by Gasteiger charge is -2.18. The van der Waals surface area contributed by atoms with Crippen molar-refractivity contribution in [1.82, 2.24) is 0 Å². The average Bonchev–Trinajstić information content (AvgIpc) is 3.12. The summed E-state index contributed by atoms with van der Waals surface area (Å²) in [6.07, 6.45) is 48.9. The molecular formula is C45H72O6. The predicted molar refractivity (Wildman–Crippen MR) is 214 cm³/mol. The topological polar surface area (TPSA) is 78.9 Å². The van der Waals surface area contributed by atoms with Crippen LogP contribution in [0.5, 0.6) is 0 Å². The highest BCUT2D eigenvalue weighted by molar-refractivity contribution is 5.72. The Balaban J connectivity index is 4.48. The molecule has 51 heavy (non-hydrogen) atoms. The highest BCUT2D eigenvalue weighted by Crippen LogP contribution is 2.12. The van der Waals surface area contributed by atoms with Gasteiger partial charge in [-0.3, -0.25) is 14.4 Å². The molecule has 0 saturated carbocycles. The second-order valence-corrected chi connectivity index (χ2v) is 12.9. The summed E-state index contributed by atoms with van der Waals surface area (Å²) in [5.74, 6) is -1.09. The number of allylic oxidation sites excluding steroid dienone is 13. The molecule has 0 heterocycles. The largest absolute Gasteiger partial charge is 0.462 e. The van der Waals surface area contributed by atoms with E-state index in [9.17, 15) is 14.4 Å². The van der Waals surface area contributed by atoms with Crippen LogP contribution in [-0.4, -0.2) is 37.2 Å². The van der Waals surface area contributed by atoms with Crippen LogP contribution in [0.2, 0.25) is 0 Å². The maximum absolute atomic E-state index is 12.5. The SMILES string of the molecule is CC\C=C/C=C\C=C/C=C\CCCCCCCC(=O)OCC(COC(=O)CCCCCCCCCCC)OC(=O)C/C=C\C/C=C\C/C=C\CC. The molecule has 0 aromatic rings. The van der Waals surface area contributed by atoms with Crippen molar-refractivity contribution in [1.29, 1.82) is 0 Å². The van der Waals surface area contributed by atoms with E-state index in [0.717, 1.165) is 83.5 Å². The Kier molecular flexibility index (Phi) is 36.7. The third kappa shape index (κ3) is 37.7. The summed E-state index contributed by atoms with van der Waals surface area (Å²) < 4.78 is 16.5. The van der Waals surface area contributed by atoms with Crippen LogP contribution < -0.4 is 0 Å². The third-order valence-electron chi connectivity index (χ3n) is 8.02. The van der Waals surface area contributed by atoms with Crippen LogP contribution in [0.1, 0.15) is 162 Å². The van der Waals surface area contributed by atoms with Gasteiger partial charge in [-0.05, 0) is 51.4 Å². The van der Waals surface area contributed by atoms with E-state index in [1.807, 2.05) is 30.4 Å². The number of carbonyl (C=O) groups excluding carboxylic acids is 3. The molecule has 0 spiro atoms. The Morgan fingerprint density at radius 3 is 1.45 bits per heavy atom. The molecule has 0 N–H and O–H groups in total. The van der Waals surface area contributed by atoms with E-state index in [-0.39, 0.29) is 31.6 Å². The van der Waals surface area contributed by atoms with Gasteiger partial charge >= 0.3 is 17.9 Å². The molecule has 0 rings (SSSR count). The van der Waals surface area contributed by atoms with Crippen molar-refractivity contribution >= 4 is 17.9 Å². The number of rotatable bonds is 34. The summed E-state index contributed by atoms with van der Waals surface area (Å²) in [4.78, 5) is 37.4. The van der Waals surface area contributed by atoms with Crippen molar-refractivity contribution in [3.63, 3.8) is 0 Å². The summed E-state index contributed by atoms with van der Waals surface area (Å²) in [5, 5.41) is 0. The molecule has 6 heteroatoms. The molecule has 0 aromatic heterocycles. The smallest absolute Gasteiger partial charge is 0.310 e. The van der Waals surface area contributed by atoms with Crippen LogP contribution in [0.15, 0.2) is 85.1 Å². The average molecular weight is 709 g/mol. The molecule has 0 radical (unpaired) electrons. The summed E-state index contributed by atoms with van der Waals surface area (Å²) in [7, 11) is 0. The predicted octanol–water partition coefficient (Wildman–Crippen LogP) is 12.5. The van der Waals surface area contributed by atoms with E-state index in [4.69, 9.17) is 14.2 Å². The number of hydrogen-bond donors (Lipinski definition) is 0. The zero-order chi connectivity index (χ0) is 37.3. The molecule has 0 aliphatic carbocycles. The molecule has 6 nitrogen and oxygen atoms in total. The van der Waals surface area contributed by atoms with E-state index >= 15 is 0 Å². The third-order valence-corrected chi connectivity index (χ3v) is 8.02. The summed E-state index contributed by atoms with van der Waals surface area (Å²) in [6, 6.07) is 0. The molecule has 0 saturated heterocycles. The second-order valence-electron chi connectivity index (χ2n) is 12.9. The van der Waals surface area contributed by atoms with Crippen molar-refractivity contribution in [2.75, 3.05) is 13.2 Å². The fraction of sp³-hybridized carbons (Fsp3) is 0.622. The molecule has 1 unspecified atom stereocenters. The Morgan fingerprint density at radius 2 is 0.902 bits per heavy atom. The number of ether oxygens (including phenoxy) is 3. The molecule has 0 amide bonds. The van der Waals surface area contributed by atoms with Crippen LogP contribution >= 0.6 is 0 Å². The van der Waals surface area contributed by atoms with Gasteiger partial charge in [0.15, 0.2) is 6.10 Å². The first-order valence-corrected chi connectivity index (χ1v) is 20.1. The second kappa shape index (κ2) is 39.4. The van der Waals surface area contributed by atoms with Gasteiger partial charge in [0.1, 0.15) is 13.2 Å². The number of esters is 3. The van der Waals surface area contributed by atoms with Gasteiger partial charge in [0, 0.05) is 12.8 Å². The zero-order valence-corrected chi connectivity index (χ0v) is 32.6. The van der Waals surface area contributed by atoms with Gasteiger partial charge in [0.25, 0.3) is 0 Å². The van der Waals surface area contributed by atoms with Crippen molar-refractivity contribution in [3.8, 4) is 0 Å². The lowest BCUT2D eigenvalue weighted by Crippen LogP contribution is -2.30. The molecule has 0 fully saturated rings. The Labute approximate surface area is 312 Å². The van der Waals surface area contributed by atoms with Crippen LogP contribution in [0, 0.1) is 0 Å². The lowest BCUT2D eigenvalue weighted by atomic mass is 10.1. The first-order chi connectivity index (χ1) is 25.0. The van der Waals surface area contributed by atoms with E-state index in [0.29, 0.717) is 12.8 Å². The van der Waals surface area contributed by atoms with Gasteiger partial charge in [-0.1, -0.05) is 176 Å². The van der Waals surface area contributed by atoms with Crippen molar-refractivity contribution in [2.45, 2.75) is 168 Å². The van der Waals surface area contributed by atoms with Crippen LogP contribution in [0.25, 0.3) is 0 Å². The molecule has 0 aliphatic rings. The highest BCUT2D eigenvalue weighted by atomic mass is 16.6. The normalized spacial score (nSPS) is 12.9. The summed E-state index contributed by atoms with van der Waals surface area (Å²) in [5.41, 5.74) is 0. The van der Waals surface area contributed by atoms with E-state index < -0.39 is 12.1 Å². The minimum absolute atomic E-state index is 0.0984. The standard InChI is InChI=1S/C45H72O6/c1-4-7-10-13-16-19-20-21-22-23-24-27-29-32-35-38-44(47)50-41-42(51-45(48)39-36-33-30-26-18-15-12-9-6-3)40-49-43(46)37-34-31-28-25-17-14-11-8-5-2/h7,9-10,12-13,16,18-22,26,33,36,42H,4-6,8,11,14-15,17,23-25,27-32,34-35,37-41H2,1-3H3/b10-7-,12-9-,16-13-,20-19-,22-21-,26-18-,36-33-. The van der Waals surface area contributed by atoms with E-state index in [1.165, 1.54) is 38.5 Å². The molecule has 0 bridgehead atoms. The Bertz CT molecular complexity index is 1040. The molecule has 288 valence electrons. The van der Waals surface area contributed by atoms with Gasteiger partial charge in [0.05, 0.1) is 6.42 Å². The van der Waals surface area contributed by atoms with Gasteiger partial charge < -0.3 is 14.2 Å². The number of hydrogen-bond acceptors (Lipinski definition) is 6. The molecule has 1 atom stereocenters. The first-order valence-electron chi connectivity index (χ1n) is 20.1.